The van der Waals surface area contributed by atoms with E-state index in [1.54, 1.807) is 0 Å². The summed E-state index contributed by atoms with van der Waals surface area (Å²) in [5, 5.41) is 10.6. The van der Waals surface area contributed by atoms with Crippen molar-refractivity contribution >= 4 is 5.78 Å². The minimum Gasteiger partial charge on any atom is -0.390 e. The summed E-state index contributed by atoms with van der Waals surface area (Å²) in [4.78, 5) is 13.6. The lowest BCUT2D eigenvalue weighted by Crippen LogP contribution is -2.51. The van der Waals surface area contributed by atoms with E-state index in [9.17, 15) is 9.90 Å². The lowest BCUT2D eigenvalue weighted by atomic mass is 9.49. The van der Waals surface area contributed by atoms with Crippen LogP contribution in [0.2, 0.25) is 0 Å². The number of ketones is 1. The standard InChI is InChI=1S/C28H40O2/c1-17-5-6-19(15-18(17)2)26(29)25-10-9-24-23-8-7-20-16-27(3,30)13-11-21(20)22(23)12-14-28(24,25)4/h5-6,15,20-25,30H,7-14,16H2,1-4H3/t20-,21+,22-,23-,24+,25-,27-,28+/m1/s1. The number of hydrogen-bond acceptors (Lipinski definition) is 2. The lowest BCUT2D eigenvalue weighted by molar-refractivity contribution is -0.0976. The molecule has 4 aliphatic carbocycles. The maximum Gasteiger partial charge on any atom is 0.166 e. The van der Waals surface area contributed by atoms with E-state index in [0.717, 1.165) is 54.4 Å². The third-order valence-electron chi connectivity index (χ3n) is 10.3. The Hall–Kier alpha value is -1.15. The first-order valence-electron chi connectivity index (χ1n) is 12.5. The van der Waals surface area contributed by atoms with Crippen molar-refractivity contribution < 1.29 is 9.90 Å². The Labute approximate surface area is 182 Å². The van der Waals surface area contributed by atoms with Gasteiger partial charge in [0.05, 0.1) is 5.60 Å². The summed E-state index contributed by atoms with van der Waals surface area (Å²) in [6.07, 6.45) is 10.7. The zero-order valence-corrected chi connectivity index (χ0v) is 19.4. The molecule has 8 atom stereocenters. The Morgan fingerprint density at radius 2 is 1.67 bits per heavy atom. The van der Waals surface area contributed by atoms with Crippen molar-refractivity contribution in [3.63, 3.8) is 0 Å². The van der Waals surface area contributed by atoms with Crippen LogP contribution < -0.4 is 0 Å². The van der Waals surface area contributed by atoms with Gasteiger partial charge in [0.15, 0.2) is 5.78 Å². The van der Waals surface area contributed by atoms with E-state index in [2.05, 4.69) is 39.0 Å². The van der Waals surface area contributed by atoms with Crippen molar-refractivity contribution in [1.29, 1.82) is 0 Å². The van der Waals surface area contributed by atoms with Crippen LogP contribution in [0.5, 0.6) is 0 Å². The van der Waals surface area contributed by atoms with Gasteiger partial charge in [-0.2, -0.15) is 0 Å². The largest absolute Gasteiger partial charge is 0.390 e. The molecule has 2 nitrogen and oxygen atoms in total. The molecule has 0 aromatic heterocycles. The van der Waals surface area contributed by atoms with Crippen LogP contribution in [-0.2, 0) is 0 Å². The summed E-state index contributed by atoms with van der Waals surface area (Å²) in [6, 6.07) is 6.30. The fourth-order valence-corrected chi connectivity index (χ4v) is 8.61. The molecule has 0 bridgehead atoms. The normalized spacial score (nSPS) is 45.4. The van der Waals surface area contributed by atoms with Gasteiger partial charge in [0.25, 0.3) is 0 Å². The zero-order chi connectivity index (χ0) is 21.3. The monoisotopic (exact) mass is 408 g/mol. The van der Waals surface area contributed by atoms with Crippen LogP contribution in [0.4, 0.5) is 0 Å². The van der Waals surface area contributed by atoms with Gasteiger partial charge in [0, 0.05) is 11.5 Å². The van der Waals surface area contributed by atoms with Gasteiger partial charge in [0.2, 0.25) is 0 Å². The van der Waals surface area contributed by atoms with Crippen LogP contribution in [0.15, 0.2) is 18.2 Å². The minimum atomic E-state index is -0.436. The molecule has 164 valence electrons. The molecule has 1 N–H and O–H groups in total. The number of aliphatic hydroxyl groups is 1. The summed E-state index contributed by atoms with van der Waals surface area (Å²) in [6.45, 7) is 8.75. The number of carbonyl (C=O) groups is 1. The average molecular weight is 409 g/mol. The molecule has 4 saturated carbocycles. The van der Waals surface area contributed by atoms with Gasteiger partial charge < -0.3 is 5.11 Å². The molecule has 0 unspecified atom stereocenters. The number of aryl methyl sites for hydroxylation is 2. The van der Waals surface area contributed by atoms with Crippen LogP contribution in [0, 0.1) is 54.8 Å². The number of benzene rings is 1. The molecule has 0 amide bonds. The van der Waals surface area contributed by atoms with Gasteiger partial charge in [-0.15, -0.1) is 0 Å². The number of hydrogen-bond donors (Lipinski definition) is 1. The van der Waals surface area contributed by atoms with Crippen LogP contribution in [-0.4, -0.2) is 16.5 Å². The Morgan fingerprint density at radius 3 is 2.43 bits per heavy atom. The Bertz CT molecular complexity index is 839. The van der Waals surface area contributed by atoms with E-state index in [0.29, 0.717) is 5.78 Å². The molecule has 30 heavy (non-hydrogen) atoms. The van der Waals surface area contributed by atoms with Crippen LogP contribution in [0.25, 0.3) is 0 Å². The molecular formula is C28H40O2. The van der Waals surface area contributed by atoms with Gasteiger partial charge in [-0.05, 0) is 131 Å². The van der Waals surface area contributed by atoms with Crippen molar-refractivity contribution in [1.82, 2.24) is 0 Å². The van der Waals surface area contributed by atoms with E-state index < -0.39 is 5.60 Å². The smallest absolute Gasteiger partial charge is 0.166 e. The van der Waals surface area contributed by atoms with E-state index in [-0.39, 0.29) is 11.3 Å². The number of Topliss-reactive ketones (excluding diaryl/α,β-unsaturated/α-hetero) is 1. The maximum absolute atomic E-state index is 13.6. The first-order chi connectivity index (χ1) is 14.2. The molecule has 0 heterocycles. The summed E-state index contributed by atoms with van der Waals surface area (Å²) in [7, 11) is 0. The Balaban J connectivity index is 1.36. The molecule has 1 aromatic carbocycles. The third kappa shape index (κ3) is 3.20. The summed E-state index contributed by atoms with van der Waals surface area (Å²) in [5.74, 6) is 4.54. The van der Waals surface area contributed by atoms with Crippen molar-refractivity contribution in [3.05, 3.63) is 34.9 Å². The first kappa shape index (κ1) is 20.7. The topological polar surface area (TPSA) is 37.3 Å². The maximum atomic E-state index is 13.6. The molecule has 5 rings (SSSR count). The second-order valence-electron chi connectivity index (χ2n) is 12.0. The zero-order valence-electron chi connectivity index (χ0n) is 19.4. The van der Waals surface area contributed by atoms with E-state index in [1.807, 2.05) is 6.92 Å². The number of carbonyl (C=O) groups excluding carboxylic acids is 1. The predicted octanol–water partition coefficient (Wildman–Crippen LogP) is 6.51. The van der Waals surface area contributed by atoms with Gasteiger partial charge in [-0.1, -0.05) is 19.1 Å². The van der Waals surface area contributed by atoms with Gasteiger partial charge in [0.1, 0.15) is 0 Å². The van der Waals surface area contributed by atoms with Crippen molar-refractivity contribution in [2.24, 2.45) is 40.9 Å². The second-order valence-corrected chi connectivity index (χ2v) is 12.0. The summed E-state index contributed by atoms with van der Waals surface area (Å²) < 4.78 is 0. The van der Waals surface area contributed by atoms with Crippen LogP contribution >= 0.6 is 0 Å². The SMILES string of the molecule is Cc1ccc(C(=O)[C@H]2CC[C@H]3[C@@H]4CC[C@@H]5C[C@](C)(O)CC[C@@H]5[C@H]4CC[C@]23C)cc1C. The fraction of sp³-hybridized carbons (Fsp3) is 0.750. The second kappa shape index (κ2) is 7.19. The molecule has 4 aliphatic rings. The van der Waals surface area contributed by atoms with E-state index in [1.165, 1.54) is 49.7 Å². The lowest BCUT2D eigenvalue weighted by Gasteiger charge is -2.56. The van der Waals surface area contributed by atoms with Crippen molar-refractivity contribution in [2.45, 2.75) is 91.1 Å². The molecule has 2 heteroatoms. The third-order valence-corrected chi connectivity index (χ3v) is 10.3. The molecular weight excluding hydrogens is 368 g/mol. The highest BCUT2D eigenvalue weighted by molar-refractivity contribution is 5.98. The van der Waals surface area contributed by atoms with Crippen LogP contribution in [0.3, 0.4) is 0 Å². The summed E-state index contributed by atoms with van der Waals surface area (Å²) >= 11 is 0. The minimum absolute atomic E-state index is 0.185. The molecule has 0 aliphatic heterocycles. The molecule has 0 radical (unpaired) electrons. The number of rotatable bonds is 2. The van der Waals surface area contributed by atoms with E-state index in [4.69, 9.17) is 0 Å². The fourth-order valence-electron chi connectivity index (χ4n) is 8.61. The van der Waals surface area contributed by atoms with Crippen molar-refractivity contribution in [2.75, 3.05) is 0 Å². The van der Waals surface area contributed by atoms with Crippen LogP contribution in [0.1, 0.15) is 93.1 Å². The molecule has 0 saturated heterocycles. The highest BCUT2D eigenvalue weighted by atomic mass is 16.3. The number of fused-ring (bicyclic) bond motifs is 5. The van der Waals surface area contributed by atoms with Gasteiger partial charge >= 0.3 is 0 Å². The highest BCUT2D eigenvalue weighted by Gasteiger charge is 2.58. The highest BCUT2D eigenvalue weighted by Crippen LogP contribution is 2.65. The van der Waals surface area contributed by atoms with Crippen molar-refractivity contribution in [3.8, 4) is 0 Å². The average Bonchev–Trinajstić information content (AvgIpc) is 3.05. The molecule has 4 fully saturated rings. The summed E-state index contributed by atoms with van der Waals surface area (Å²) in [5.41, 5.74) is 3.19. The van der Waals surface area contributed by atoms with Gasteiger partial charge in [-0.3, -0.25) is 4.79 Å². The predicted molar refractivity (Wildman–Crippen MR) is 121 cm³/mol. The van der Waals surface area contributed by atoms with E-state index >= 15 is 0 Å². The Kier molecular flexibility index (Phi) is 4.97. The Morgan fingerprint density at radius 1 is 0.900 bits per heavy atom. The first-order valence-corrected chi connectivity index (χ1v) is 12.5. The molecule has 0 spiro atoms. The quantitative estimate of drug-likeness (QED) is 0.567. The van der Waals surface area contributed by atoms with Gasteiger partial charge in [-0.25, -0.2) is 0 Å². The molecule has 1 aromatic rings.